The van der Waals surface area contributed by atoms with Crippen molar-refractivity contribution in [3.8, 4) is 0 Å². The first-order valence-electron chi connectivity index (χ1n) is 4.74. The molecule has 0 aliphatic rings. The number of ether oxygens (including phenoxy) is 1. The van der Waals surface area contributed by atoms with Crippen LogP contribution in [-0.2, 0) is 4.74 Å². The van der Waals surface area contributed by atoms with Crippen LogP contribution in [0.4, 0.5) is 0 Å². The molecule has 1 heteroatoms. The third-order valence-electron chi connectivity index (χ3n) is 1.35. The first-order chi connectivity index (χ1) is 6.49. The molecule has 0 aliphatic heterocycles. The van der Waals surface area contributed by atoms with E-state index in [4.69, 9.17) is 4.74 Å². The largest absolute Gasteiger partial charge is 0.493 e. The maximum absolute atomic E-state index is 5.60. The molecule has 0 saturated heterocycles. The van der Waals surface area contributed by atoms with Crippen molar-refractivity contribution in [1.29, 1.82) is 0 Å². The van der Waals surface area contributed by atoms with Crippen molar-refractivity contribution in [1.82, 2.24) is 0 Å². The van der Waals surface area contributed by atoms with E-state index in [1.165, 1.54) is 0 Å². The summed E-state index contributed by atoms with van der Waals surface area (Å²) in [6, 6.07) is 0. The quantitative estimate of drug-likeness (QED) is 0.474. The highest BCUT2D eigenvalue weighted by Gasteiger charge is 2.10. The van der Waals surface area contributed by atoms with Crippen LogP contribution in [0.2, 0.25) is 0 Å². The second-order valence-corrected chi connectivity index (χ2v) is 4.25. The van der Waals surface area contributed by atoms with Crippen molar-refractivity contribution < 1.29 is 4.74 Å². The maximum atomic E-state index is 5.60. The van der Waals surface area contributed by atoms with Crippen molar-refractivity contribution in [3.63, 3.8) is 0 Å². The fourth-order valence-electron chi connectivity index (χ4n) is 0.731. The van der Waals surface area contributed by atoms with Gasteiger partial charge in [0.2, 0.25) is 0 Å². The zero-order chi connectivity index (χ0) is 11.0. The lowest BCUT2D eigenvalue weighted by Crippen LogP contribution is -2.13. The Kier molecular flexibility index (Phi) is 5.70. The Morgan fingerprint density at radius 3 is 2.29 bits per heavy atom. The Hall–Kier alpha value is -1.24. The van der Waals surface area contributed by atoms with Gasteiger partial charge in [-0.3, -0.25) is 0 Å². The molecule has 1 nitrogen and oxygen atoms in total. The fraction of sp³-hybridized carbons (Fsp3) is 0.385. The van der Waals surface area contributed by atoms with E-state index in [0.717, 1.165) is 5.76 Å². The zero-order valence-corrected chi connectivity index (χ0v) is 9.42. The topological polar surface area (TPSA) is 9.23 Å². The van der Waals surface area contributed by atoms with Crippen molar-refractivity contribution in [2.24, 2.45) is 5.41 Å². The summed E-state index contributed by atoms with van der Waals surface area (Å²) in [4.78, 5) is 0. The van der Waals surface area contributed by atoms with Crippen LogP contribution in [0, 0.1) is 5.41 Å². The van der Waals surface area contributed by atoms with Gasteiger partial charge in [-0.1, -0.05) is 52.2 Å². The molecular formula is C13H20O. The van der Waals surface area contributed by atoms with Crippen molar-refractivity contribution in [2.75, 3.05) is 6.61 Å². The second-order valence-electron chi connectivity index (χ2n) is 4.25. The highest BCUT2D eigenvalue weighted by molar-refractivity contribution is 5.19. The summed E-state index contributed by atoms with van der Waals surface area (Å²) in [7, 11) is 0. The normalized spacial score (nSPS) is 12.9. The Balaban J connectivity index is 4.25. The molecule has 0 unspecified atom stereocenters. The molecule has 0 amide bonds. The van der Waals surface area contributed by atoms with Gasteiger partial charge in [0.1, 0.15) is 5.76 Å². The third kappa shape index (κ3) is 7.41. The number of rotatable bonds is 5. The molecule has 0 spiro atoms. The van der Waals surface area contributed by atoms with Crippen LogP contribution in [0.25, 0.3) is 0 Å². The summed E-state index contributed by atoms with van der Waals surface area (Å²) < 4.78 is 5.60. The van der Waals surface area contributed by atoms with E-state index in [0.29, 0.717) is 6.61 Å². The minimum Gasteiger partial charge on any atom is -0.493 e. The Bertz CT molecular complexity index is 238. The summed E-state index contributed by atoms with van der Waals surface area (Å²) in [6.07, 6.45) is 8.99. The number of allylic oxidation sites excluding steroid dienone is 5. The summed E-state index contributed by atoms with van der Waals surface area (Å²) in [5.74, 6) is 0.815. The summed E-state index contributed by atoms with van der Waals surface area (Å²) in [5, 5.41) is 0. The predicted octanol–water partition coefficient (Wildman–Crippen LogP) is 3.86. The Morgan fingerprint density at radius 2 is 1.86 bits per heavy atom. The molecule has 0 bridgehead atoms. The first-order valence-corrected chi connectivity index (χ1v) is 4.74. The smallest absolute Gasteiger partial charge is 0.119 e. The third-order valence-corrected chi connectivity index (χ3v) is 1.35. The van der Waals surface area contributed by atoms with Crippen molar-refractivity contribution in [3.05, 3.63) is 49.3 Å². The van der Waals surface area contributed by atoms with Crippen LogP contribution in [0.5, 0.6) is 0 Å². The van der Waals surface area contributed by atoms with Gasteiger partial charge in [0.05, 0.1) is 6.61 Å². The Labute approximate surface area is 87.5 Å². The summed E-state index contributed by atoms with van der Waals surface area (Å²) in [5.41, 5.74) is 0.169. The zero-order valence-electron chi connectivity index (χ0n) is 9.42. The van der Waals surface area contributed by atoms with Gasteiger partial charge in [-0.05, 0) is 17.6 Å². The van der Waals surface area contributed by atoms with Crippen LogP contribution in [0.3, 0.4) is 0 Å². The van der Waals surface area contributed by atoms with Gasteiger partial charge < -0.3 is 4.74 Å². The van der Waals surface area contributed by atoms with E-state index in [2.05, 4.69) is 33.9 Å². The highest BCUT2D eigenvalue weighted by Crippen LogP contribution is 2.15. The molecule has 0 radical (unpaired) electrons. The van der Waals surface area contributed by atoms with Crippen LogP contribution in [-0.4, -0.2) is 6.61 Å². The van der Waals surface area contributed by atoms with Gasteiger partial charge in [-0.2, -0.15) is 0 Å². The van der Waals surface area contributed by atoms with Crippen molar-refractivity contribution in [2.45, 2.75) is 20.8 Å². The molecule has 14 heavy (non-hydrogen) atoms. The molecule has 0 aromatic heterocycles. The van der Waals surface area contributed by atoms with Crippen molar-refractivity contribution >= 4 is 0 Å². The summed E-state index contributed by atoms with van der Waals surface area (Å²) in [6.45, 7) is 14.3. The van der Waals surface area contributed by atoms with Crippen LogP contribution < -0.4 is 0 Å². The lowest BCUT2D eigenvalue weighted by atomic mass is 9.99. The fourth-order valence-corrected chi connectivity index (χ4v) is 0.731. The van der Waals surface area contributed by atoms with Gasteiger partial charge in [0.25, 0.3) is 0 Å². The van der Waals surface area contributed by atoms with Crippen LogP contribution in [0.15, 0.2) is 49.3 Å². The van der Waals surface area contributed by atoms with Gasteiger partial charge in [-0.25, -0.2) is 0 Å². The molecule has 0 aromatic rings. The molecule has 0 N–H and O–H groups in total. The lowest BCUT2D eigenvalue weighted by Gasteiger charge is -2.19. The van der Waals surface area contributed by atoms with E-state index in [9.17, 15) is 0 Å². The molecule has 0 heterocycles. The first kappa shape index (κ1) is 12.8. The van der Waals surface area contributed by atoms with E-state index in [1.807, 2.05) is 18.2 Å². The van der Waals surface area contributed by atoms with Gasteiger partial charge in [-0.15, -0.1) is 0 Å². The number of hydrogen-bond acceptors (Lipinski definition) is 1. The van der Waals surface area contributed by atoms with Gasteiger partial charge in [0, 0.05) is 0 Å². The van der Waals surface area contributed by atoms with E-state index in [1.54, 1.807) is 12.2 Å². The molecule has 0 saturated carbocycles. The van der Waals surface area contributed by atoms with Gasteiger partial charge >= 0.3 is 0 Å². The molecule has 0 rings (SSSR count). The van der Waals surface area contributed by atoms with E-state index in [-0.39, 0.29) is 5.41 Å². The lowest BCUT2D eigenvalue weighted by molar-refractivity contribution is 0.135. The standard InChI is InChI=1S/C13H20O/c1-6-8-10-12(9-7-2)14-11-13(3,4)5/h6-10H,1-2,11H2,3-5H3/b10-8-,12-9+. The minimum absolute atomic E-state index is 0.169. The van der Waals surface area contributed by atoms with Crippen LogP contribution in [0.1, 0.15) is 20.8 Å². The SMILES string of the molecule is C=C/C=C\C(=C/C=C)OCC(C)(C)C. The minimum atomic E-state index is 0.169. The Morgan fingerprint density at radius 1 is 1.21 bits per heavy atom. The molecular weight excluding hydrogens is 172 g/mol. The monoisotopic (exact) mass is 192 g/mol. The van der Waals surface area contributed by atoms with E-state index < -0.39 is 0 Å². The van der Waals surface area contributed by atoms with Gasteiger partial charge in [0.15, 0.2) is 0 Å². The summed E-state index contributed by atoms with van der Waals surface area (Å²) >= 11 is 0. The molecule has 0 aromatic carbocycles. The average Bonchev–Trinajstić information content (AvgIpc) is 2.08. The average molecular weight is 192 g/mol. The highest BCUT2D eigenvalue weighted by atomic mass is 16.5. The predicted molar refractivity (Wildman–Crippen MR) is 63.0 cm³/mol. The molecule has 0 fully saturated rings. The molecule has 0 atom stereocenters. The molecule has 0 aliphatic carbocycles. The molecule has 78 valence electrons. The van der Waals surface area contributed by atoms with Crippen LogP contribution >= 0.6 is 0 Å². The number of hydrogen-bond donors (Lipinski definition) is 0. The van der Waals surface area contributed by atoms with E-state index >= 15 is 0 Å². The second kappa shape index (κ2) is 6.25. The maximum Gasteiger partial charge on any atom is 0.119 e.